The van der Waals surface area contributed by atoms with Crippen LogP contribution < -0.4 is 14.4 Å². The van der Waals surface area contributed by atoms with Crippen LogP contribution in [0.15, 0.2) is 30.5 Å². The van der Waals surface area contributed by atoms with Gasteiger partial charge in [-0.1, -0.05) is 6.42 Å². The second kappa shape index (κ2) is 10.7. The molecule has 0 N–H and O–H groups in total. The van der Waals surface area contributed by atoms with E-state index in [1.807, 2.05) is 6.20 Å². The number of aromatic nitrogens is 2. The Balaban J connectivity index is 1.14. The zero-order valence-corrected chi connectivity index (χ0v) is 20.9. The zero-order chi connectivity index (χ0) is 26.0. The predicted molar refractivity (Wildman–Crippen MR) is 131 cm³/mol. The number of rotatable bonds is 6. The summed E-state index contributed by atoms with van der Waals surface area (Å²) in [6, 6.07) is 5.78. The van der Waals surface area contributed by atoms with E-state index in [0.29, 0.717) is 31.7 Å². The summed E-state index contributed by atoms with van der Waals surface area (Å²) in [6.07, 6.45) is 1.62. The first-order valence-corrected chi connectivity index (χ1v) is 12.9. The highest BCUT2D eigenvalue weighted by Gasteiger charge is 2.32. The second-order valence-electron chi connectivity index (χ2n) is 9.85. The third kappa shape index (κ3) is 6.26. The van der Waals surface area contributed by atoms with Crippen molar-refractivity contribution < 1.29 is 27.4 Å². The maximum Gasteiger partial charge on any atom is 0.573 e. The molecule has 3 heterocycles. The maximum atomic E-state index is 13.1. The number of anilines is 1. The van der Waals surface area contributed by atoms with Crippen molar-refractivity contribution in [3.63, 3.8) is 0 Å². The van der Waals surface area contributed by atoms with Gasteiger partial charge in [-0.05, 0) is 56.0 Å². The molecule has 2 fully saturated rings. The number of nitrogens with zero attached hydrogens (tertiary/aromatic N) is 5. The monoisotopic (exact) mass is 519 g/mol. The van der Waals surface area contributed by atoms with Gasteiger partial charge in [0.25, 0.3) is 5.91 Å². The average molecular weight is 520 g/mol. The zero-order valence-electron chi connectivity index (χ0n) is 20.9. The van der Waals surface area contributed by atoms with Crippen LogP contribution in [0.2, 0.25) is 0 Å². The third-order valence-corrected chi connectivity index (χ3v) is 7.43. The van der Waals surface area contributed by atoms with Gasteiger partial charge in [0, 0.05) is 57.9 Å². The Kier molecular flexibility index (Phi) is 7.41. The first-order valence-electron chi connectivity index (χ1n) is 12.9. The van der Waals surface area contributed by atoms with Gasteiger partial charge in [-0.15, -0.1) is 13.2 Å². The summed E-state index contributed by atoms with van der Waals surface area (Å²) in [6.45, 7) is 6.63. The Labute approximate surface area is 214 Å². The van der Waals surface area contributed by atoms with Gasteiger partial charge in [0.05, 0.1) is 5.69 Å². The third-order valence-electron chi connectivity index (χ3n) is 7.43. The Bertz CT molecular complexity index is 1090. The van der Waals surface area contributed by atoms with Crippen molar-refractivity contribution in [3.05, 3.63) is 41.7 Å². The molecule has 1 unspecified atom stereocenters. The van der Waals surface area contributed by atoms with Crippen LogP contribution >= 0.6 is 0 Å². The maximum absolute atomic E-state index is 13.1. The van der Waals surface area contributed by atoms with Gasteiger partial charge in [-0.2, -0.15) is 0 Å². The number of hydrogen-bond donors (Lipinski definition) is 0. The van der Waals surface area contributed by atoms with Crippen molar-refractivity contribution in [3.8, 4) is 11.5 Å². The predicted octanol–water partition coefficient (Wildman–Crippen LogP) is 3.44. The number of carbonyl (C=O) groups is 1. The Hall–Kier alpha value is -3.08. The lowest BCUT2D eigenvalue weighted by Crippen LogP contribution is -2.52. The summed E-state index contributed by atoms with van der Waals surface area (Å²) in [5.41, 5.74) is 2.04. The molecule has 1 saturated carbocycles. The van der Waals surface area contributed by atoms with Gasteiger partial charge in [0.1, 0.15) is 11.5 Å². The molecule has 37 heavy (non-hydrogen) atoms. The quantitative estimate of drug-likeness (QED) is 0.579. The van der Waals surface area contributed by atoms with Crippen molar-refractivity contribution in [1.82, 2.24) is 19.8 Å². The molecule has 1 aromatic heterocycles. The lowest BCUT2D eigenvalue weighted by Gasteiger charge is -2.43. The van der Waals surface area contributed by atoms with Crippen LogP contribution in [-0.2, 0) is 17.6 Å². The van der Waals surface area contributed by atoms with E-state index in [2.05, 4.69) is 19.5 Å². The summed E-state index contributed by atoms with van der Waals surface area (Å²) < 4.78 is 46.6. The lowest BCUT2D eigenvalue weighted by atomic mass is 9.91. The number of ether oxygens (including phenoxy) is 2. The molecule has 5 rings (SSSR count). The fourth-order valence-corrected chi connectivity index (χ4v) is 5.11. The molecule has 1 atom stereocenters. The van der Waals surface area contributed by atoms with E-state index in [1.54, 1.807) is 11.8 Å². The lowest BCUT2D eigenvalue weighted by molar-refractivity contribution is -0.274. The van der Waals surface area contributed by atoms with E-state index in [-0.39, 0.29) is 11.7 Å². The van der Waals surface area contributed by atoms with E-state index in [4.69, 9.17) is 9.72 Å². The van der Waals surface area contributed by atoms with Gasteiger partial charge in [-0.3, -0.25) is 9.69 Å². The number of halogens is 3. The Morgan fingerprint density at radius 2 is 1.68 bits per heavy atom. The molecule has 2 aliphatic heterocycles. The van der Waals surface area contributed by atoms with Crippen LogP contribution in [0.25, 0.3) is 0 Å². The standard InChI is InChI=1S/C26H32F3N5O3/c1-18(36-21-5-7-22(8-6-21)37-26(27,28)29)24(35)33-11-9-19-17-30-25(31-23(19)10-12-33)34-15-13-32(14-16-34)20-3-2-4-20/h5-8,17-18,20H,2-4,9-16H2,1H3. The van der Waals surface area contributed by atoms with E-state index < -0.39 is 12.5 Å². The number of piperazine rings is 1. The van der Waals surface area contributed by atoms with Crippen LogP contribution in [0.3, 0.4) is 0 Å². The molecule has 1 amide bonds. The first kappa shape index (κ1) is 25.6. The number of hydrogen-bond acceptors (Lipinski definition) is 7. The average Bonchev–Trinajstić information content (AvgIpc) is 3.05. The first-order chi connectivity index (χ1) is 17.7. The molecule has 8 nitrogen and oxygen atoms in total. The molecule has 0 spiro atoms. The van der Waals surface area contributed by atoms with E-state index in [9.17, 15) is 18.0 Å². The van der Waals surface area contributed by atoms with Crippen molar-refractivity contribution in [1.29, 1.82) is 0 Å². The second-order valence-corrected chi connectivity index (χ2v) is 9.85. The fourth-order valence-electron chi connectivity index (χ4n) is 5.11. The van der Waals surface area contributed by atoms with Gasteiger partial charge >= 0.3 is 6.36 Å². The van der Waals surface area contributed by atoms with E-state index >= 15 is 0 Å². The van der Waals surface area contributed by atoms with E-state index in [1.165, 1.54) is 31.4 Å². The number of fused-ring (bicyclic) bond motifs is 1. The Morgan fingerprint density at radius 3 is 2.32 bits per heavy atom. The molecule has 1 saturated heterocycles. The number of benzene rings is 1. The summed E-state index contributed by atoms with van der Waals surface area (Å²) in [7, 11) is 0. The molecular formula is C26H32F3N5O3. The highest BCUT2D eigenvalue weighted by atomic mass is 19.4. The fraction of sp³-hybridized carbons (Fsp3) is 0.577. The van der Waals surface area contributed by atoms with Gasteiger partial charge in [0.2, 0.25) is 5.95 Å². The van der Waals surface area contributed by atoms with Crippen molar-refractivity contribution in [2.24, 2.45) is 0 Å². The molecule has 1 aromatic carbocycles. The minimum atomic E-state index is -4.76. The molecule has 11 heteroatoms. The number of carbonyl (C=O) groups excluding carboxylic acids is 1. The summed E-state index contributed by atoms with van der Waals surface area (Å²) >= 11 is 0. The van der Waals surface area contributed by atoms with Crippen molar-refractivity contribution >= 4 is 11.9 Å². The molecule has 0 bridgehead atoms. The van der Waals surface area contributed by atoms with Crippen LogP contribution in [0, 0.1) is 0 Å². The van der Waals surface area contributed by atoms with Crippen LogP contribution in [0.1, 0.15) is 37.4 Å². The van der Waals surface area contributed by atoms with Crippen molar-refractivity contribution in [2.75, 3.05) is 44.2 Å². The van der Waals surface area contributed by atoms with Gasteiger partial charge < -0.3 is 19.3 Å². The van der Waals surface area contributed by atoms with E-state index in [0.717, 1.165) is 61.6 Å². The molecule has 1 aliphatic carbocycles. The minimum Gasteiger partial charge on any atom is -0.481 e. The summed E-state index contributed by atoms with van der Waals surface area (Å²) in [4.78, 5) is 29.2. The van der Waals surface area contributed by atoms with Crippen LogP contribution in [0.5, 0.6) is 11.5 Å². The highest BCUT2D eigenvalue weighted by molar-refractivity contribution is 5.81. The normalized spacial score (nSPS) is 20.0. The topological polar surface area (TPSA) is 71.0 Å². The smallest absolute Gasteiger partial charge is 0.481 e. The highest BCUT2D eigenvalue weighted by Crippen LogP contribution is 2.27. The van der Waals surface area contributed by atoms with Crippen molar-refractivity contribution in [2.45, 2.75) is 57.5 Å². The molecular weight excluding hydrogens is 487 g/mol. The minimum absolute atomic E-state index is 0.177. The van der Waals surface area contributed by atoms with Gasteiger partial charge in [-0.25, -0.2) is 9.97 Å². The summed E-state index contributed by atoms with van der Waals surface area (Å²) in [5, 5.41) is 0. The SMILES string of the molecule is CC(Oc1ccc(OC(F)(F)F)cc1)C(=O)N1CCc2cnc(N3CCN(C4CCC4)CC3)nc2CC1. The molecule has 200 valence electrons. The largest absolute Gasteiger partial charge is 0.573 e. The van der Waals surface area contributed by atoms with Crippen LogP contribution in [0.4, 0.5) is 19.1 Å². The Morgan fingerprint density at radius 1 is 1.00 bits per heavy atom. The molecule has 3 aliphatic rings. The molecule has 0 radical (unpaired) electrons. The summed E-state index contributed by atoms with van der Waals surface area (Å²) in [5.74, 6) is 0.538. The van der Waals surface area contributed by atoms with Gasteiger partial charge in [0.15, 0.2) is 6.10 Å². The molecule has 2 aromatic rings. The number of alkyl halides is 3. The number of amides is 1. The van der Waals surface area contributed by atoms with Crippen LogP contribution in [-0.4, -0.2) is 83.5 Å².